The van der Waals surface area contributed by atoms with Crippen LogP contribution in [0.5, 0.6) is 0 Å². The molecule has 2 N–H and O–H groups in total. The quantitative estimate of drug-likeness (QED) is 0.845. The summed E-state index contributed by atoms with van der Waals surface area (Å²) in [6.07, 6.45) is 3.41. The van der Waals surface area contributed by atoms with Gasteiger partial charge in [-0.3, -0.25) is 4.79 Å². The van der Waals surface area contributed by atoms with E-state index < -0.39 is 0 Å². The monoisotopic (exact) mass is 264 g/mol. The molecule has 1 aromatic heterocycles. The van der Waals surface area contributed by atoms with Gasteiger partial charge in [-0.15, -0.1) is 11.3 Å². The fourth-order valence-corrected chi connectivity index (χ4v) is 4.17. The van der Waals surface area contributed by atoms with E-state index in [1.807, 2.05) is 24.0 Å². The highest BCUT2D eigenvalue weighted by Gasteiger charge is 2.38. The maximum Gasteiger partial charge on any atom is 0.263 e. The van der Waals surface area contributed by atoms with Crippen LogP contribution in [-0.4, -0.2) is 29.9 Å². The van der Waals surface area contributed by atoms with Gasteiger partial charge in [0.15, 0.2) is 0 Å². The van der Waals surface area contributed by atoms with Crippen LogP contribution in [-0.2, 0) is 0 Å². The van der Waals surface area contributed by atoms with E-state index in [2.05, 4.69) is 0 Å². The molecule has 98 valence electrons. The van der Waals surface area contributed by atoms with E-state index in [4.69, 9.17) is 5.73 Å². The van der Waals surface area contributed by atoms with Crippen molar-refractivity contribution in [2.45, 2.75) is 32.2 Å². The van der Waals surface area contributed by atoms with Gasteiger partial charge in [-0.1, -0.05) is 0 Å². The molecule has 3 nitrogen and oxygen atoms in total. The Balaban J connectivity index is 1.70. The molecule has 2 fully saturated rings. The van der Waals surface area contributed by atoms with Crippen LogP contribution in [0.3, 0.4) is 0 Å². The molecule has 1 aromatic rings. The van der Waals surface area contributed by atoms with Crippen molar-refractivity contribution in [2.24, 2.45) is 17.6 Å². The summed E-state index contributed by atoms with van der Waals surface area (Å²) in [4.78, 5) is 16.5. The van der Waals surface area contributed by atoms with E-state index in [-0.39, 0.29) is 5.91 Å². The normalized spacial score (nSPS) is 31.4. The van der Waals surface area contributed by atoms with Crippen LogP contribution < -0.4 is 5.73 Å². The summed E-state index contributed by atoms with van der Waals surface area (Å²) < 4.78 is 0. The molecule has 1 saturated carbocycles. The lowest BCUT2D eigenvalue weighted by Crippen LogP contribution is -2.32. The molecule has 2 aliphatic rings. The van der Waals surface area contributed by atoms with E-state index in [9.17, 15) is 4.79 Å². The van der Waals surface area contributed by atoms with Gasteiger partial charge >= 0.3 is 0 Å². The van der Waals surface area contributed by atoms with Crippen LogP contribution in [0.4, 0.5) is 0 Å². The lowest BCUT2D eigenvalue weighted by molar-refractivity contribution is 0.0788. The molecule has 3 rings (SSSR count). The van der Waals surface area contributed by atoms with Gasteiger partial charge in [0, 0.05) is 24.0 Å². The Hall–Kier alpha value is -0.870. The van der Waals surface area contributed by atoms with Crippen LogP contribution in [0.25, 0.3) is 0 Å². The minimum absolute atomic E-state index is 0.219. The largest absolute Gasteiger partial charge is 0.337 e. The molecule has 18 heavy (non-hydrogen) atoms. The second kappa shape index (κ2) is 4.67. The van der Waals surface area contributed by atoms with Crippen molar-refractivity contribution in [2.75, 3.05) is 13.1 Å². The lowest BCUT2D eigenvalue weighted by Gasteiger charge is -2.27. The van der Waals surface area contributed by atoms with Crippen molar-refractivity contribution in [3.8, 4) is 0 Å². The molecule has 1 saturated heterocycles. The van der Waals surface area contributed by atoms with Crippen molar-refractivity contribution in [3.05, 3.63) is 21.9 Å². The molecular formula is C14H20N2OS. The first kappa shape index (κ1) is 12.2. The van der Waals surface area contributed by atoms with E-state index in [0.29, 0.717) is 17.9 Å². The van der Waals surface area contributed by atoms with Crippen LogP contribution in [0.1, 0.15) is 33.8 Å². The molecule has 0 radical (unpaired) electrons. The highest BCUT2D eigenvalue weighted by molar-refractivity contribution is 7.13. The van der Waals surface area contributed by atoms with Crippen molar-refractivity contribution in [1.29, 1.82) is 0 Å². The minimum atomic E-state index is 0.219. The average molecular weight is 264 g/mol. The summed E-state index contributed by atoms with van der Waals surface area (Å²) in [6, 6.07) is 4.33. The van der Waals surface area contributed by atoms with Crippen molar-refractivity contribution in [3.63, 3.8) is 0 Å². The fourth-order valence-electron chi connectivity index (χ4n) is 3.34. The molecular weight excluding hydrogens is 244 g/mol. The van der Waals surface area contributed by atoms with Crippen LogP contribution in [0, 0.1) is 18.8 Å². The Labute approximate surface area is 112 Å². The molecule has 1 aliphatic heterocycles. The molecule has 3 atom stereocenters. The summed E-state index contributed by atoms with van der Waals surface area (Å²) in [6.45, 7) is 3.89. The summed E-state index contributed by atoms with van der Waals surface area (Å²) in [5.41, 5.74) is 6.03. The molecule has 4 heteroatoms. The van der Waals surface area contributed by atoms with Gasteiger partial charge in [0.05, 0.1) is 4.88 Å². The van der Waals surface area contributed by atoms with Gasteiger partial charge in [-0.2, -0.15) is 0 Å². The zero-order valence-corrected chi connectivity index (χ0v) is 11.6. The Bertz CT molecular complexity index is 456. The average Bonchev–Trinajstić information content (AvgIpc) is 2.93. The molecule has 1 aliphatic carbocycles. The number of hydrogen-bond donors (Lipinski definition) is 1. The Morgan fingerprint density at radius 1 is 1.33 bits per heavy atom. The Morgan fingerprint density at radius 3 is 2.83 bits per heavy atom. The first-order valence-corrected chi connectivity index (χ1v) is 7.56. The predicted molar refractivity (Wildman–Crippen MR) is 73.8 cm³/mol. The van der Waals surface area contributed by atoms with Crippen LogP contribution in [0.15, 0.2) is 12.1 Å². The third-order valence-electron chi connectivity index (χ3n) is 4.33. The first-order valence-electron chi connectivity index (χ1n) is 6.75. The fraction of sp³-hybridized carbons (Fsp3) is 0.643. The number of thiophene rings is 1. The molecule has 0 aromatic carbocycles. The summed E-state index contributed by atoms with van der Waals surface area (Å²) >= 11 is 1.60. The van der Waals surface area contributed by atoms with Gasteiger partial charge in [0.25, 0.3) is 5.91 Å². The van der Waals surface area contributed by atoms with E-state index in [0.717, 1.165) is 30.8 Å². The number of carbonyl (C=O) groups is 1. The van der Waals surface area contributed by atoms with Crippen LogP contribution in [0.2, 0.25) is 0 Å². The van der Waals surface area contributed by atoms with E-state index in [1.54, 1.807) is 11.3 Å². The highest BCUT2D eigenvalue weighted by atomic mass is 32.1. The van der Waals surface area contributed by atoms with Crippen molar-refractivity contribution in [1.82, 2.24) is 4.90 Å². The summed E-state index contributed by atoms with van der Waals surface area (Å²) in [5, 5.41) is 0. The molecule has 2 heterocycles. The number of carbonyl (C=O) groups excluding carboxylic acids is 1. The summed E-state index contributed by atoms with van der Waals surface area (Å²) in [7, 11) is 0. The minimum Gasteiger partial charge on any atom is -0.337 e. The third-order valence-corrected chi connectivity index (χ3v) is 5.32. The number of amides is 1. The molecule has 1 amide bonds. The Kier molecular flexibility index (Phi) is 3.16. The number of likely N-dealkylation sites (tertiary alicyclic amines) is 1. The molecule has 0 bridgehead atoms. The number of aryl methyl sites for hydroxylation is 1. The number of fused-ring (bicyclic) bond motifs is 1. The van der Waals surface area contributed by atoms with E-state index >= 15 is 0 Å². The second-order valence-electron chi connectivity index (χ2n) is 5.71. The number of rotatable bonds is 1. The maximum absolute atomic E-state index is 12.4. The van der Waals surface area contributed by atoms with Gasteiger partial charge in [0.1, 0.15) is 0 Å². The van der Waals surface area contributed by atoms with Gasteiger partial charge in [-0.25, -0.2) is 0 Å². The SMILES string of the molecule is Cc1ccc(C(=O)N2C[C@H]3CCC(N)C[C@H]3C2)s1. The lowest BCUT2D eigenvalue weighted by atomic mass is 9.79. The predicted octanol–water partition coefficient (Wildman–Crippen LogP) is 2.26. The first-order chi connectivity index (χ1) is 8.63. The number of hydrogen-bond acceptors (Lipinski definition) is 3. The van der Waals surface area contributed by atoms with Gasteiger partial charge in [0.2, 0.25) is 0 Å². The molecule has 0 spiro atoms. The van der Waals surface area contributed by atoms with E-state index in [1.165, 1.54) is 11.3 Å². The maximum atomic E-state index is 12.4. The second-order valence-corrected chi connectivity index (χ2v) is 7.00. The summed E-state index contributed by atoms with van der Waals surface area (Å²) in [5.74, 6) is 1.55. The highest BCUT2D eigenvalue weighted by Crippen LogP contribution is 2.36. The number of nitrogens with two attached hydrogens (primary N) is 1. The zero-order valence-electron chi connectivity index (χ0n) is 10.8. The Morgan fingerprint density at radius 2 is 2.11 bits per heavy atom. The standard InChI is InChI=1S/C14H20N2OS/c1-9-2-5-13(18-9)14(17)16-7-10-3-4-12(15)6-11(10)8-16/h2,5,10-12H,3-4,6-8,15H2,1H3/t10-,11+,12?/m1/s1. The molecule has 1 unspecified atom stereocenters. The van der Waals surface area contributed by atoms with Crippen LogP contribution >= 0.6 is 11.3 Å². The van der Waals surface area contributed by atoms with Gasteiger partial charge < -0.3 is 10.6 Å². The number of nitrogens with zero attached hydrogens (tertiary/aromatic N) is 1. The zero-order chi connectivity index (χ0) is 12.7. The topological polar surface area (TPSA) is 46.3 Å². The van der Waals surface area contributed by atoms with Gasteiger partial charge in [-0.05, 0) is 50.2 Å². The van der Waals surface area contributed by atoms with Crippen molar-refractivity contribution >= 4 is 17.2 Å². The smallest absolute Gasteiger partial charge is 0.263 e. The third kappa shape index (κ3) is 2.19. The van der Waals surface area contributed by atoms with Crippen molar-refractivity contribution < 1.29 is 4.79 Å².